The molecule has 1 aromatic heterocycles. The van der Waals surface area contributed by atoms with Crippen molar-refractivity contribution in [1.82, 2.24) is 13.7 Å². The summed E-state index contributed by atoms with van der Waals surface area (Å²) in [5.41, 5.74) is -4.76. The third-order valence-corrected chi connectivity index (χ3v) is 15.2. The lowest BCUT2D eigenvalue weighted by molar-refractivity contribution is -0.171. The van der Waals surface area contributed by atoms with Crippen LogP contribution in [-0.2, 0) is 115 Å². The molecule has 594 valence electrons. The average Bonchev–Trinajstić information content (AvgIpc) is 0.784. The number of aliphatic hydroxyl groups is 1. The van der Waals surface area contributed by atoms with Gasteiger partial charge in [-0.05, 0) is 12.8 Å². The minimum absolute atomic E-state index is 0.00157. The van der Waals surface area contributed by atoms with E-state index in [1.807, 2.05) is 6.92 Å². The number of allylic oxidation sites excluding steroid dienone is 3. The second kappa shape index (κ2) is 67.6. The van der Waals surface area contributed by atoms with E-state index in [9.17, 15) is 53.1 Å². The second-order valence-electron chi connectivity index (χ2n) is 22.2. The lowest BCUT2D eigenvalue weighted by Crippen LogP contribution is -2.54. The van der Waals surface area contributed by atoms with Crippen molar-refractivity contribution in [1.29, 1.82) is 0 Å². The molecule has 0 aliphatic heterocycles. The van der Waals surface area contributed by atoms with Gasteiger partial charge in [-0.25, -0.2) is 28.1 Å². The Hall–Kier alpha value is -5.95. The van der Waals surface area contributed by atoms with Gasteiger partial charge in [-0.1, -0.05) is 70.0 Å². The number of aliphatic hydroxyl groups excluding tert-OH is 1. The van der Waals surface area contributed by atoms with Gasteiger partial charge < -0.3 is 66.7 Å². The molecule has 104 heavy (non-hydrogen) atoms. The third-order valence-electron chi connectivity index (χ3n) is 13.6. The molecule has 0 bridgehead atoms. The Labute approximate surface area is 651 Å². The Bertz CT molecular complexity index is 2530. The number of carbonyl (C=O) groups is 7. The van der Waals surface area contributed by atoms with Crippen LogP contribution in [0.2, 0.25) is 0 Å². The summed E-state index contributed by atoms with van der Waals surface area (Å²) in [6, 6.07) is 0. The fourth-order valence-corrected chi connectivity index (χ4v) is 8.75. The number of aromatic nitrogens is 3. The van der Waals surface area contributed by atoms with E-state index >= 15 is 0 Å². The monoisotopic (exact) mass is 1600 g/mol. The van der Waals surface area contributed by atoms with Crippen molar-refractivity contribution >= 4 is 130 Å². The summed E-state index contributed by atoms with van der Waals surface area (Å²) in [5.74, 6) is -1.03. The smallest absolute Gasteiger partial charge is 0.336 e. The second-order valence-corrected chi connectivity index (χ2v) is 25.3. The van der Waals surface area contributed by atoms with Crippen LogP contribution in [0.1, 0.15) is 71.6 Å². The van der Waals surface area contributed by atoms with E-state index < -0.39 is 75.1 Å². The Morgan fingerprint density at radius 1 is 0.327 bits per heavy atom. The molecule has 0 fully saturated rings. The number of esters is 7. The van der Waals surface area contributed by atoms with Crippen LogP contribution < -0.4 is 17.1 Å². The Morgan fingerprint density at radius 3 is 0.692 bits per heavy atom. The van der Waals surface area contributed by atoms with Crippen LogP contribution >= 0.6 is 88.4 Å². The van der Waals surface area contributed by atoms with Crippen molar-refractivity contribution in [3.8, 4) is 0 Å². The number of hydrogen-bond acceptors (Lipinski definition) is 31. The van der Waals surface area contributed by atoms with Crippen LogP contribution in [0.4, 0.5) is 0 Å². The van der Waals surface area contributed by atoms with Gasteiger partial charge in [0.1, 0.15) is 51.7 Å². The van der Waals surface area contributed by atoms with Crippen LogP contribution in [0, 0.1) is 21.7 Å². The first-order valence-electron chi connectivity index (χ1n) is 32.8. The first kappa shape index (κ1) is 104. The van der Waals surface area contributed by atoms with Gasteiger partial charge in [0.25, 0.3) is 0 Å². The molecule has 1 rings (SSSR count). The highest BCUT2D eigenvalue weighted by molar-refractivity contribution is 7.81. The van der Waals surface area contributed by atoms with Gasteiger partial charge in [-0.15, -0.1) is 39.5 Å². The highest BCUT2D eigenvalue weighted by atomic mass is 32.1. The molecule has 34 heteroatoms. The van der Waals surface area contributed by atoms with Gasteiger partial charge >= 0.3 is 58.9 Å². The van der Waals surface area contributed by atoms with Crippen LogP contribution in [0.3, 0.4) is 0 Å². The van der Waals surface area contributed by atoms with Gasteiger partial charge in [0.15, 0.2) is 0 Å². The lowest BCUT2D eigenvalue weighted by atomic mass is 9.88. The molecule has 1 N–H and O–H groups in total. The fourth-order valence-electron chi connectivity index (χ4n) is 7.48. The molecular formula is C70H113N3O24S7. The minimum atomic E-state index is -1.25. The topological polar surface area (TPSA) is 326 Å². The predicted molar refractivity (Wildman–Crippen MR) is 425 cm³/mol. The molecule has 0 saturated heterocycles. The summed E-state index contributed by atoms with van der Waals surface area (Å²) in [4.78, 5) is 118. The number of thiol groups is 7. The summed E-state index contributed by atoms with van der Waals surface area (Å²) in [7, 11) is 0. The Kier molecular flexibility index (Phi) is 67.9. The molecule has 27 nitrogen and oxygen atoms in total. The Balaban J connectivity index is -0.000000613. The van der Waals surface area contributed by atoms with Crippen molar-refractivity contribution in [2.75, 3.05) is 153 Å². The Morgan fingerprint density at radius 2 is 0.529 bits per heavy atom. The molecule has 0 aliphatic rings. The van der Waals surface area contributed by atoms with Gasteiger partial charge in [0.05, 0.1) is 166 Å². The van der Waals surface area contributed by atoms with E-state index in [0.717, 1.165) is 20.1 Å². The molecule has 0 saturated carbocycles. The number of hydrogen-bond donors (Lipinski definition) is 8. The maximum atomic E-state index is 11.9. The number of rotatable bonds is 58. The molecule has 0 unspecified atom stereocenters. The van der Waals surface area contributed by atoms with Gasteiger partial charge in [0, 0.05) is 40.3 Å². The predicted octanol–water partition coefficient (Wildman–Crippen LogP) is 7.56. The summed E-state index contributed by atoms with van der Waals surface area (Å²) >= 11 is 27.8. The molecule has 1 aromatic rings. The normalized spacial score (nSPS) is 10.7. The molecule has 0 atom stereocenters. The first-order chi connectivity index (χ1) is 49.8. The molecule has 1 heterocycles. The zero-order chi connectivity index (χ0) is 79.5. The zero-order valence-corrected chi connectivity index (χ0v) is 66.6. The molecule has 0 spiro atoms. The number of ether oxygens (including phenoxy) is 13. The van der Waals surface area contributed by atoms with Crippen molar-refractivity contribution in [2.24, 2.45) is 21.7 Å². The van der Waals surface area contributed by atoms with Crippen molar-refractivity contribution in [2.45, 2.75) is 91.3 Å². The average molecular weight is 1610 g/mol. The summed E-state index contributed by atoms with van der Waals surface area (Å²) in [6.07, 6.45) is 15.7. The standard InChI is InChI=1S/C17H28O8S4.C15H26O6S3.C14H24O4.C12H15N3O3.C12H20O3/c18-13(1-5-26)22-9-17(10-23-14(19)2-6-27,11-24-15(20)3-7-28)12-25-16(21)4-8-29;1-2-15(9-19-12(16)3-6-22,10-20-13(17)4-7-23)11-21-14(18)5-8-24;1-4-7-16-11-14(10-15,12-17-8-5-2)13-18-9-6-3;1-4-7-13-10(16)14(8-5-2)12(18)15(9-6-3)11(13)17;1-5-12(9-13-6-2,10-14-7-3)11-15-8-4/h26-29H,1-12H2;22-24H,2-11H2,1H3;4-6,15H,1-3,7-13H2;4-6H,1-3,7-9H2;6-8H,2-5,9-11H2,1H3. The van der Waals surface area contributed by atoms with E-state index in [4.69, 9.17) is 61.6 Å². The number of nitrogens with zero attached hydrogens (tertiary/aromatic N) is 3. The van der Waals surface area contributed by atoms with E-state index in [0.29, 0.717) is 83.1 Å². The minimum Gasteiger partial charge on any atom is -0.501 e. The van der Waals surface area contributed by atoms with Crippen LogP contribution in [0.5, 0.6) is 0 Å². The van der Waals surface area contributed by atoms with E-state index in [1.165, 1.54) is 37.0 Å². The van der Waals surface area contributed by atoms with Crippen molar-refractivity contribution in [3.05, 3.63) is 146 Å². The SMILES string of the molecule is C=CCOCC(CO)(COCC=C)COCC=C.C=CCn1c(=O)n(CC=C)c(=O)n(CC=C)c1=O.C=COCC(CC)(COC=C)COC=C.CCC(COC(=O)CCS)(COC(=O)CCS)COC(=O)CCS.O=C(CCS)OCC(COC(=O)CCS)(COC(=O)CCS)COC(=O)CCS. The van der Waals surface area contributed by atoms with Gasteiger partial charge in [-0.2, -0.15) is 88.4 Å². The quantitative estimate of drug-likeness (QED) is 0.00778. The molecule has 0 amide bonds. The fraction of sp³-hybridized carbons (Fsp3) is 0.600. The largest absolute Gasteiger partial charge is 0.501 e. The molecule has 0 radical (unpaired) electrons. The van der Waals surface area contributed by atoms with Crippen LogP contribution in [0.15, 0.2) is 129 Å². The highest BCUT2D eigenvalue weighted by Crippen LogP contribution is 2.27. The highest BCUT2D eigenvalue weighted by Gasteiger charge is 2.39. The van der Waals surface area contributed by atoms with E-state index in [2.05, 4.69) is 155 Å². The lowest BCUT2D eigenvalue weighted by Gasteiger charge is -2.31. The van der Waals surface area contributed by atoms with Crippen molar-refractivity contribution in [3.63, 3.8) is 0 Å². The number of carbonyl (C=O) groups excluding carboxylic acids is 7. The van der Waals surface area contributed by atoms with Gasteiger partial charge in [0.2, 0.25) is 0 Å². The molecule has 0 aromatic carbocycles. The zero-order valence-electron chi connectivity index (χ0n) is 60.3. The summed E-state index contributed by atoms with van der Waals surface area (Å²) < 4.78 is 71.3. The molecular weight excluding hydrogens is 1490 g/mol. The maximum Gasteiger partial charge on any atom is 0.336 e. The summed E-state index contributed by atoms with van der Waals surface area (Å²) in [5, 5.41) is 9.56. The van der Waals surface area contributed by atoms with Gasteiger partial charge in [-0.3, -0.25) is 33.6 Å². The van der Waals surface area contributed by atoms with Crippen LogP contribution in [0.25, 0.3) is 0 Å². The van der Waals surface area contributed by atoms with Crippen LogP contribution in [-0.4, -0.2) is 213 Å². The summed E-state index contributed by atoms with van der Waals surface area (Å²) in [6.45, 7) is 38.5. The van der Waals surface area contributed by atoms with Crippen molar-refractivity contribution < 1.29 is 100 Å². The first-order valence-corrected chi connectivity index (χ1v) is 37.2. The van der Waals surface area contributed by atoms with E-state index in [-0.39, 0.29) is 146 Å². The molecule has 0 aliphatic carbocycles. The maximum absolute atomic E-state index is 11.9. The van der Waals surface area contributed by atoms with E-state index in [1.54, 1.807) is 18.2 Å². The third kappa shape index (κ3) is 49.8.